The topological polar surface area (TPSA) is 56.1 Å². The predicted octanol–water partition coefficient (Wildman–Crippen LogP) is 2.93. The molecule has 0 aliphatic carbocycles. The molecule has 5 heteroatoms. The van der Waals surface area contributed by atoms with Gasteiger partial charge in [0, 0.05) is 25.2 Å². The van der Waals surface area contributed by atoms with Gasteiger partial charge >= 0.3 is 6.03 Å². The molecular weight excluding hydrogens is 254 g/mol. The van der Waals surface area contributed by atoms with Crippen molar-refractivity contribution in [3.8, 4) is 0 Å². The zero-order valence-corrected chi connectivity index (χ0v) is 12.0. The third-order valence-corrected chi connectivity index (χ3v) is 3.69. The molecule has 0 aromatic heterocycles. The highest BCUT2D eigenvalue weighted by atomic mass is 16.4. The van der Waals surface area contributed by atoms with Crippen LogP contribution in [0.2, 0.25) is 0 Å². The number of fused-ring (bicyclic) bond motifs is 1. The summed E-state index contributed by atoms with van der Waals surface area (Å²) >= 11 is 0. The van der Waals surface area contributed by atoms with Crippen LogP contribution in [0.5, 0.6) is 0 Å². The Labute approximate surface area is 119 Å². The first-order valence-corrected chi connectivity index (χ1v) is 7.09. The van der Waals surface area contributed by atoms with Gasteiger partial charge in [-0.25, -0.2) is 4.79 Å². The number of carbonyl (C=O) groups is 1. The third-order valence-electron chi connectivity index (χ3n) is 3.69. The van der Waals surface area contributed by atoms with E-state index in [4.69, 9.17) is 5.21 Å². The zero-order chi connectivity index (χ0) is 14.5. The number of hydrogen-bond acceptors (Lipinski definition) is 3. The van der Waals surface area contributed by atoms with Crippen molar-refractivity contribution in [2.24, 2.45) is 5.16 Å². The summed E-state index contributed by atoms with van der Waals surface area (Å²) in [4.78, 5) is 16.2. The second-order valence-electron chi connectivity index (χ2n) is 4.77. The summed E-state index contributed by atoms with van der Waals surface area (Å²) in [5.41, 5.74) is 2.32. The number of anilines is 1. The molecule has 2 amide bonds. The standard InChI is InChI=1S/C15H21N3O2/c1-3-17(4-2)15(19)18-11-7-9-13(16-20)12-8-5-6-10-14(12)18/h5-6,8,10,20H,3-4,7,9,11H2,1-2H3/b16-13-. The van der Waals surface area contributed by atoms with Gasteiger partial charge in [-0.3, -0.25) is 4.90 Å². The number of rotatable bonds is 2. The first-order chi connectivity index (χ1) is 9.72. The van der Waals surface area contributed by atoms with E-state index < -0.39 is 0 Å². The van der Waals surface area contributed by atoms with E-state index in [9.17, 15) is 4.79 Å². The van der Waals surface area contributed by atoms with Crippen molar-refractivity contribution in [3.05, 3.63) is 29.8 Å². The van der Waals surface area contributed by atoms with Gasteiger partial charge in [0.1, 0.15) is 0 Å². The molecule has 2 rings (SSSR count). The number of nitrogens with zero attached hydrogens (tertiary/aromatic N) is 3. The molecule has 1 heterocycles. The van der Waals surface area contributed by atoms with Crippen LogP contribution in [-0.2, 0) is 0 Å². The second kappa shape index (κ2) is 6.41. The number of oxime groups is 1. The van der Waals surface area contributed by atoms with E-state index in [1.807, 2.05) is 38.1 Å². The number of amides is 2. The molecule has 5 nitrogen and oxygen atoms in total. The van der Waals surface area contributed by atoms with Crippen LogP contribution < -0.4 is 4.90 Å². The summed E-state index contributed by atoms with van der Waals surface area (Å²) in [7, 11) is 0. The van der Waals surface area contributed by atoms with Crippen LogP contribution >= 0.6 is 0 Å². The van der Waals surface area contributed by atoms with Gasteiger partial charge in [0.2, 0.25) is 0 Å². The molecule has 1 aromatic rings. The lowest BCUT2D eigenvalue weighted by atomic mass is 10.1. The Morgan fingerprint density at radius 3 is 2.70 bits per heavy atom. The Morgan fingerprint density at radius 2 is 2.05 bits per heavy atom. The van der Waals surface area contributed by atoms with Gasteiger partial charge in [-0.2, -0.15) is 0 Å². The Balaban J connectivity index is 2.42. The molecule has 108 valence electrons. The first-order valence-electron chi connectivity index (χ1n) is 7.09. The van der Waals surface area contributed by atoms with Crippen molar-refractivity contribution in [2.75, 3.05) is 24.5 Å². The summed E-state index contributed by atoms with van der Waals surface area (Å²) in [6, 6.07) is 7.63. The van der Waals surface area contributed by atoms with E-state index in [0.29, 0.717) is 31.8 Å². The van der Waals surface area contributed by atoms with Crippen LogP contribution in [0, 0.1) is 0 Å². The molecule has 1 aromatic carbocycles. The van der Waals surface area contributed by atoms with E-state index in [1.165, 1.54) is 0 Å². The van der Waals surface area contributed by atoms with Crippen molar-refractivity contribution in [1.82, 2.24) is 4.90 Å². The normalized spacial score (nSPS) is 16.7. The number of carbonyl (C=O) groups excluding carboxylic acids is 1. The number of para-hydroxylation sites is 1. The van der Waals surface area contributed by atoms with Gasteiger partial charge in [0.15, 0.2) is 0 Å². The van der Waals surface area contributed by atoms with E-state index >= 15 is 0 Å². The third kappa shape index (κ3) is 2.61. The van der Waals surface area contributed by atoms with Crippen molar-refractivity contribution in [2.45, 2.75) is 26.7 Å². The fraction of sp³-hybridized carbons (Fsp3) is 0.467. The Kier molecular flexibility index (Phi) is 4.61. The molecule has 20 heavy (non-hydrogen) atoms. The lowest BCUT2D eigenvalue weighted by Gasteiger charge is -2.29. The van der Waals surface area contributed by atoms with Crippen LogP contribution in [-0.4, -0.2) is 41.5 Å². The SMILES string of the molecule is CCN(CC)C(=O)N1CCC/C(=N/O)c2ccccc21. The maximum atomic E-state index is 12.6. The summed E-state index contributed by atoms with van der Waals surface area (Å²) in [5, 5.41) is 12.6. The summed E-state index contributed by atoms with van der Waals surface area (Å²) in [6.07, 6.45) is 1.47. The van der Waals surface area contributed by atoms with Gasteiger partial charge in [-0.05, 0) is 32.8 Å². The maximum Gasteiger partial charge on any atom is 0.324 e. The minimum atomic E-state index is 0.0154. The molecule has 0 unspecified atom stereocenters. The zero-order valence-electron chi connectivity index (χ0n) is 12.0. The Morgan fingerprint density at radius 1 is 1.35 bits per heavy atom. The fourth-order valence-corrected chi connectivity index (χ4v) is 2.58. The first kappa shape index (κ1) is 14.4. The molecule has 1 N–H and O–H groups in total. The average Bonchev–Trinajstić information content (AvgIpc) is 2.67. The quantitative estimate of drug-likeness (QED) is 0.666. The van der Waals surface area contributed by atoms with Gasteiger partial charge < -0.3 is 10.1 Å². The van der Waals surface area contributed by atoms with Crippen molar-refractivity contribution in [1.29, 1.82) is 0 Å². The molecule has 0 spiro atoms. The number of urea groups is 1. The van der Waals surface area contributed by atoms with Crippen LogP contribution in [0.4, 0.5) is 10.5 Å². The van der Waals surface area contributed by atoms with Gasteiger partial charge in [-0.1, -0.05) is 23.4 Å². The molecule has 0 atom stereocenters. The summed E-state index contributed by atoms with van der Waals surface area (Å²) in [5.74, 6) is 0. The molecule has 1 aliphatic heterocycles. The number of hydrogen-bond donors (Lipinski definition) is 1. The Bertz CT molecular complexity index is 510. The molecule has 1 aliphatic rings. The van der Waals surface area contributed by atoms with Gasteiger partial charge in [0.05, 0.1) is 11.4 Å². The number of benzene rings is 1. The minimum absolute atomic E-state index is 0.0154. The Hall–Kier alpha value is -2.04. The molecular formula is C15H21N3O2. The highest BCUT2D eigenvalue weighted by molar-refractivity contribution is 6.08. The largest absolute Gasteiger partial charge is 0.411 e. The van der Waals surface area contributed by atoms with Crippen LogP contribution in [0.15, 0.2) is 29.4 Å². The van der Waals surface area contributed by atoms with E-state index in [1.54, 1.807) is 9.80 Å². The molecule has 0 bridgehead atoms. The minimum Gasteiger partial charge on any atom is -0.411 e. The average molecular weight is 275 g/mol. The summed E-state index contributed by atoms with van der Waals surface area (Å²) in [6.45, 7) is 5.98. The van der Waals surface area contributed by atoms with E-state index in [2.05, 4.69) is 5.16 Å². The smallest absolute Gasteiger partial charge is 0.324 e. The summed E-state index contributed by atoms with van der Waals surface area (Å²) < 4.78 is 0. The van der Waals surface area contributed by atoms with Crippen LogP contribution in [0.3, 0.4) is 0 Å². The fourth-order valence-electron chi connectivity index (χ4n) is 2.58. The molecule has 0 fully saturated rings. The molecule has 0 saturated carbocycles. The van der Waals surface area contributed by atoms with E-state index in [-0.39, 0.29) is 6.03 Å². The lowest BCUT2D eigenvalue weighted by Crippen LogP contribution is -2.43. The molecule has 0 saturated heterocycles. The van der Waals surface area contributed by atoms with Crippen molar-refractivity contribution in [3.63, 3.8) is 0 Å². The van der Waals surface area contributed by atoms with Gasteiger partial charge in [0.25, 0.3) is 0 Å². The predicted molar refractivity (Wildman–Crippen MR) is 79.7 cm³/mol. The van der Waals surface area contributed by atoms with Crippen molar-refractivity contribution >= 4 is 17.4 Å². The van der Waals surface area contributed by atoms with Crippen molar-refractivity contribution < 1.29 is 10.0 Å². The lowest BCUT2D eigenvalue weighted by molar-refractivity contribution is 0.210. The maximum absolute atomic E-state index is 12.6. The second-order valence-corrected chi connectivity index (χ2v) is 4.77. The highest BCUT2D eigenvalue weighted by Gasteiger charge is 2.26. The van der Waals surface area contributed by atoms with Crippen LogP contribution in [0.1, 0.15) is 32.3 Å². The monoisotopic (exact) mass is 275 g/mol. The van der Waals surface area contributed by atoms with E-state index in [0.717, 1.165) is 17.7 Å². The highest BCUT2D eigenvalue weighted by Crippen LogP contribution is 2.27. The van der Waals surface area contributed by atoms with Crippen LogP contribution in [0.25, 0.3) is 0 Å². The molecule has 0 radical (unpaired) electrons. The van der Waals surface area contributed by atoms with Gasteiger partial charge in [-0.15, -0.1) is 0 Å².